The van der Waals surface area contributed by atoms with Gasteiger partial charge in [-0.3, -0.25) is 9.59 Å². The number of ether oxygens (including phenoxy) is 2. The maximum atomic E-state index is 12.5. The van der Waals surface area contributed by atoms with Crippen molar-refractivity contribution in [2.24, 2.45) is 0 Å². The fourth-order valence-electron chi connectivity index (χ4n) is 2.52. The summed E-state index contributed by atoms with van der Waals surface area (Å²) in [6.07, 6.45) is -0.207. The van der Waals surface area contributed by atoms with Crippen LogP contribution in [0.2, 0.25) is 0 Å². The SMILES string of the molecule is COc1ccc(NC(=O)CC(C)(C(=O)O)c2ccccc2)c(OC)c1. The number of nitrogens with one attached hydrogen (secondary N) is 1. The van der Waals surface area contributed by atoms with Crippen molar-refractivity contribution < 1.29 is 24.2 Å². The maximum Gasteiger partial charge on any atom is 0.314 e. The van der Waals surface area contributed by atoms with E-state index in [1.165, 1.54) is 21.1 Å². The highest BCUT2D eigenvalue weighted by Crippen LogP contribution is 2.32. The number of aliphatic carboxylic acids is 1. The van der Waals surface area contributed by atoms with Gasteiger partial charge in [-0.2, -0.15) is 0 Å². The highest BCUT2D eigenvalue weighted by atomic mass is 16.5. The molecule has 0 aliphatic rings. The van der Waals surface area contributed by atoms with Crippen molar-refractivity contribution >= 4 is 17.6 Å². The van der Waals surface area contributed by atoms with Crippen molar-refractivity contribution in [1.82, 2.24) is 0 Å². The lowest BCUT2D eigenvalue weighted by Gasteiger charge is -2.25. The van der Waals surface area contributed by atoms with E-state index in [0.717, 1.165) is 0 Å². The molecule has 0 spiro atoms. The summed E-state index contributed by atoms with van der Waals surface area (Å²) in [6, 6.07) is 13.7. The van der Waals surface area contributed by atoms with Crippen LogP contribution >= 0.6 is 0 Å². The molecule has 0 aliphatic carbocycles. The summed E-state index contributed by atoms with van der Waals surface area (Å²) >= 11 is 0. The zero-order chi connectivity index (χ0) is 18.4. The summed E-state index contributed by atoms with van der Waals surface area (Å²) in [4.78, 5) is 24.3. The second-order valence-corrected chi connectivity index (χ2v) is 5.79. The number of methoxy groups -OCH3 is 2. The molecule has 1 unspecified atom stereocenters. The van der Waals surface area contributed by atoms with Crippen LogP contribution in [-0.4, -0.2) is 31.2 Å². The molecule has 2 aromatic rings. The summed E-state index contributed by atoms with van der Waals surface area (Å²) in [7, 11) is 3.01. The maximum absolute atomic E-state index is 12.5. The summed E-state index contributed by atoms with van der Waals surface area (Å²) in [5.74, 6) is -0.452. The van der Waals surface area contributed by atoms with Crippen molar-refractivity contribution in [1.29, 1.82) is 0 Å². The van der Waals surface area contributed by atoms with Crippen LogP contribution < -0.4 is 14.8 Å². The first-order valence-electron chi connectivity index (χ1n) is 7.71. The van der Waals surface area contributed by atoms with Gasteiger partial charge in [-0.05, 0) is 24.6 Å². The Labute approximate surface area is 146 Å². The van der Waals surface area contributed by atoms with Crippen molar-refractivity contribution in [2.75, 3.05) is 19.5 Å². The molecule has 0 bridgehead atoms. The highest BCUT2D eigenvalue weighted by molar-refractivity contribution is 5.97. The van der Waals surface area contributed by atoms with Crippen LogP contribution in [-0.2, 0) is 15.0 Å². The lowest BCUT2D eigenvalue weighted by Crippen LogP contribution is -2.36. The van der Waals surface area contributed by atoms with Gasteiger partial charge in [0.1, 0.15) is 11.5 Å². The second kappa shape index (κ2) is 7.70. The Morgan fingerprint density at radius 3 is 2.32 bits per heavy atom. The van der Waals surface area contributed by atoms with E-state index < -0.39 is 17.3 Å². The summed E-state index contributed by atoms with van der Waals surface area (Å²) in [5, 5.41) is 12.4. The molecule has 0 heterocycles. The molecular formula is C19H21NO5. The van der Waals surface area contributed by atoms with Crippen LogP contribution in [0.3, 0.4) is 0 Å². The van der Waals surface area contributed by atoms with Gasteiger partial charge in [0.05, 0.1) is 25.3 Å². The van der Waals surface area contributed by atoms with Crippen LogP contribution in [0.25, 0.3) is 0 Å². The number of benzene rings is 2. The zero-order valence-electron chi connectivity index (χ0n) is 14.4. The highest BCUT2D eigenvalue weighted by Gasteiger charge is 2.37. The fourth-order valence-corrected chi connectivity index (χ4v) is 2.52. The largest absolute Gasteiger partial charge is 0.497 e. The van der Waals surface area contributed by atoms with E-state index in [1.54, 1.807) is 48.5 Å². The molecule has 0 aliphatic heterocycles. The summed E-state index contributed by atoms with van der Waals surface area (Å²) in [5.41, 5.74) is -0.307. The van der Waals surface area contributed by atoms with Crippen LogP contribution in [0.5, 0.6) is 11.5 Å². The van der Waals surface area contributed by atoms with Gasteiger partial charge in [0.15, 0.2) is 0 Å². The third kappa shape index (κ3) is 4.09. The molecule has 2 N–H and O–H groups in total. The molecule has 0 saturated carbocycles. The van der Waals surface area contributed by atoms with Crippen molar-refractivity contribution in [3.05, 3.63) is 54.1 Å². The molecule has 0 saturated heterocycles. The molecule has 25 heavy (non-hydrogen) atoms. The number of hydrogen-bond acceptors (Lipinski definition) is 4. The molecule has 132 valence electrons. The third-order valence-electron chi connectivity index (χ3n) is 4.08. The topological polar surface area (TPSA) is 84.9 Å². The molecular weight excluding hydrogens is 322 g/mol. The number of amides is 1. The van der Waals surface area contributed by atoms with Crippen LogP contribution in [0, 0.1) is 0 Å². The first kappa shape index (κ1) is 18.3. The van der Waals surface area contributed by atoms with E-state index in [-0.39, 0.29) is 6.42 Å². The monoisotopic (exact) mass is 343 g/mol. The van der Waals surface area contributed by atoms with Crippen LogP contribution in [0.15, 0.2) is 48.5 Å². The standard InChI is InChI=1S/C19H21NO5/c1-19(18(22)23,13-7-5-4-6-8-13)12-17(21)20-15-10-9-14(24-2)11-16(15)25-3/h4-11H,12H2,1-3H3,(H,20,21)(H,22,23). The Kier molecular flexibility index (Phi) is 5.64. The number of carboxylic acids is 1. The number of rotatable bonds is 7. The Balaban J connectivity index is 2.22. The average Bonchev–Trinajstić information content (AvgIpc) is 2.62. The summed E-state index contributed by atoms with van der Waals surface area (Å²) < 4.78 is 10.4. The lowest BCUT2D eigenvalue weighted by molar-refractivity contribution is -0.145. The van der Waals surface area contributed by atoms with Crippen molar-refractivity contribution in [3.63, 3.8) is 0 Å². The molecule has 2 aromatic carbocycles. The van der Waals surface area contributed by atoms with Gasteiger partial charge < -0.3 is 19.9 Å². The van der Waals surface area contributed by atoms with Gasteiger partial charge in [0, 0.05) is 12.5 Å². The predicted octanol–water partition coefficient (Wildman–Crippen LogP) is 3.07. The van der Waals surface area contributed by atoms with E-state index in [1.807, 2.05) is 0 Å². The Morgan fingerprint density at radius 1 is 1.08 bits per heavy atom. The van der Waals surface area contributed by atoms with E-state index in [4.69, 9.17) is 9.47 Å². The Morgan fingerprint density at radius 2 is 1.76 bits per heavy atom. The molecule has 0 aromatic heterocycles. The quantitative estimate of drug-likeness (QED) is 0.807. The van der Waals surface area contributed by atoms with Crippen LogP contribution in [0.4, 0.5) is 5.69 Å². The smallest absolute Gasteiger partial charge is 0.314 e. The van der Waals surface area contributed by atoms with E-state index >= 15 is 0 Å². The number of carbonyl (C=O) groups excluding carboxylic acids is 1. The number of anilines is 1. The van der Waals surface area contributed by atoms with Gasteiger partial charge in [0.25, 0.3) is 0 Å². The average molecular weight is 343 g/mol. The van der Waals surface area contributed by atoms with Gasteiger partial charge >= 0.3 is 5.97 Å². The molecule has 6 heteroatoms. The summed E-state index contributed by atoms with van der Waals surface area (Å²) in [6.45, 7) is 1.54. The lowest BCUT2D eigenvalue weighted by atomic mass is 9.79. The minimum atomic E-state index is -1.33. The van der Waals surface area contributed by atoms with Crippen molar-refractivity contribution in [3.8, 4) is 11.5 Å². The molecule has 6 nitrogen and oxygen atoms in total. The molecule has 0 radical (unpaired) electrons. The predicted molar refractivity (Wildman–Crippen MR) is 94.2 cm³/mol. The van der Waals surface area contributed by atoms with E-state index in [0.29, 0.717) is 22.7 Å². The number of carboxylic acid groups (broad SMARTS) is 1. The second-order valence-electron chi connectivity index (χ2n) is 5.79. The van der Waals surface area contributed by atoms with Gasteiger partial charge in [-0.1, -0.05) is 30.3 Å². The first-order chi connectivity index (χ1) is 11.9. The first-order valence-corrected chi connectivity index (χ1v) is 7.71. The number of carbonyl (C=O) groups is 2. The normalized spacial score (nSPS) is 12.8. The molecule has 1 amide bonds. The zero-order valence-corrected chi connectivity index (χ0v) is 14.4. The minimum absolute atomic E-state index is 0.207. The third-order valence-corrected chi connectivity index (χ3v) is 4.08. The number of hydrogen-bond donors (Lipinski definition) is 2. The van der Waals surface area contributed by atoms with Gasteiger partial charge in [-0.25, -0.2) is 0 Å². The van der Waals surface area contributed by atoms with E-state index in [9.17, 15) is 14.7 Å². The van der Waals surface area contributed by atoms with Gasteiger partial charge in [0.2, 0.25) is 5.91 Å². The minimum Gasteiger partial charge on any atom is -0.497 e. The van der Waals surface area contributed by atoms with Crippen LogP contribution in [0.1, 0.15) is 18.9 Å². The molecule has 1 atom stereocenters. The van der Waals surface area contributed by atoms with Gasteiger partial charge in [-0.15, -0.1) is 0 Å². The van der Waals surface area contributed by atoms with Crippen molar-refractivity contribution in [2.45, 2.75) is 18.8 Å². The fraction of sp³-hybridized carbons (Fsp3) is 0.263. The Bertz CT molecular complexity index is 760. The molecule has 2 rings (SSSR count). The Hall–Kier alpha value is -3.02. The molecule has 0 fully saturated rings. The van der Waals surface area contributed by atoms with E-state index in [2.05, 4.69) is 5.32 Å².